The molecule has 0 fully saturated rings. The summed E-state index contributed by atoms with van der Waals surface area (Å²) in [5.41, 5.74) is 3.35. The lowest BCUT2D eigenvalue weighted by atomic mass is 10.0. The molecular weight excluding hydrogens is 344 g/mol. The normalized spacial score (nSPS) is 13.0. The lowest BCUT2D eigenvalue weighted by Gasteiger charge is -2.21. The molecule has 1 N–H and O–H groups in total. The molecule has 0 saturated heterocycles. The van der Waals surface area contributed by atoms with E-state index in [0.29, 0.717) is 6.42 Å². The Bertz CT molecular complexity index is 852. The summed E-state index contributed by atoms with van der Waals surface area (Å²) in [7, 11) is -1.44. The van der Waals surface area contributed by atoms with Gasteiger partial charge in [0.15, 0.2) is 0 Å². The predicted molar refractivity (Wildman–Crippen MR) is 119 cm³/mol. The third-order valence-electron chi connectivity index (χ3n) is 5.11. The van der Waals surface area contributed by atoms with Crippen LogP contribution in [0, 0.1) is 0 Å². The van der Waals surface area contributed by atoms with Gasteiger partial charge in [-0.05, 0) is 29.2 Å². The van der Waals surface area contributed by atoms with Gasteiger partial charge in [0.1, 0.15) is 0 Å². The lowest BCUT2D eigenvalue weighted by Crippen LogP contribution is -2.40. The number of benzene rings is 3. The third-order valence-corrected chi connectivity index (χ3v) is 8.26. The summed E-state index contributed by atoms with van der Waals surface area (Å²) < 4.78 is 0. The van der Waals surface area contributed by atoms with Crippen molar-refractivity contribution in [2.24, 2.45) is 0 Å². The van der Waals surface area contributed by atoms with Crippen LogP contribution in [0.3, 0.4) is 0 Å². The number of aliphatic hydroxyl groups is 1. The molecule has 0 heterocycles. The topological polar surface area (TPSA) is 20.2 Å². The quantitative estimate of drug-likeness (QED) is 0.401. The van der Waals surface area contributed by atoms with Crippen molar-refractivity contribution >= 4 is 13.3 Å². The number of hydrogen-bond acceptors (Lipinski definition) is 1. The van der Waals surface area contributed by atoms with Gasteiger partial charge in [0.25, 0.3) is 0 Å². The average Bonchev–Trinajstić information content (AvgIpc) is 2.72. The molecule has 0 saturated carbocycles. The van der Waals surface area contributed by atoms with Gasteiger partial charge in [-0.15, -0.1) is 0 Å². The van der Waals surface area contributed by atoms with Crippen LogP contribution in [0.5, 0.6) is 0 Å². The van der Waals surface area contributed by atoms with Crippen molar-refractivity contribution in [2.75, 3.05) is 0 Å². The van der Waals surface area contributed by atoms with Crippen molar-refractivity contribution in [3.63, 3.8) is 0 Å². The second kappa shape index (κ2) is 8.98. The Hall–Kier alpha value is -2.42. The molecule has 3 aromatic rings. The number of aliphatic hydroxyl groups excluding tert-OH is 1. The number of rotatable bonds is 7. The fourth-order valence-electron chi connectivity index (χ4n) is 3.27. The van der Waals surface area contributed by atoms with Gasteiger partial charge in [-0.1, -0.05) is 115 Å². The SMILES string of the molecule is C[Si](C)(C/C=C/CC(O)c1ccc(-c2ccccc2)cc1)c1ccccc1. The summed E-state index contributed by atoms with van der Waals surface area (Å²) in [5.74, 6) is 0. The van der Waals surface area contributed by atoms with Gasteiger partial charge in [0, 0.05) is 0 Å². The summed E-state index contributed by atoms with van der Waals surface area (Å²) in [6, 6.07) is 30.4. The number of hydrogen-bond donors (Lipinski definition) is 1. The van der Waals surface area contributed by atoms with Crippen molar-refractivity contribution in [1.82, 2.24) is 0 Å². The maximum absolute atomic E-state index is 10.5. The molecule has 0 aliphatic rings. The predicted octanol–water partition coefficient (Wildman–Crippen LogP) is 5.95. The first-order valence-corrected chi connectivity index (χ1v) is 12.8. The maximum atomic E-state index is 10.5. The van der Waals surface area contributed by atoms with Crippen LogP contribution >= 0.6 is 0 Å². The van der Waals surface area contributed by atoms with Crippen LogP contribution in [0.1, 0.15) is 18.1 Å². The summed E-state index contributed by atoms with van der Waals surface area (Å²) >= 11 is 0. The summed E-state index contributed by atoms with van der Waals surface area (Å²) in [5, 5.41) is 12.0. The van der Waals surface area contributed by atoms with Gasteiger partial charge in [0.05, 0.1) is 14.2 Å². The first kappa shape index (κ1) is 19.3. The zero-order chi connectivity index (χ0) is 19.1. The molecule has 0 bridgehead atoms. The molecule has 0 amide bonds. The molecule has 138 valence electrons. The molecular formula is C25H28OSi. The Morgan fingerprint density at radius 2 is 1.30 bits per heavy atom. The van der Waals surface area contributed by atoms with E-state index in [0.717, 1.165) is 11.6 Å². The van der Waals surface area contributed by atoms with E-state index in [1.807, 2.05) is 30.3 Å². The van der Waals surface area contributed by atoms with Crippen LogP contribution in [0.25, 0.3) is 11.1 Å². The first-order chi connectivity index (χ1) is 13.1. The highest BCUT2D eigenvalue weighted by atomic mass is 28.3. The molecule has 1 nitrogen and oxygen atoms in total. The zero-order valence-corrected chi connectivity index (χ0v) is 17.2. The molecule has 0 aliphatic heterocycles. The van der Waals surface area contributed by atoms with Crippen LogP contribution in [-0.4, -0.2) is 13.2 Å². The second-order valence-electron chi connectivity index (χ2n) is 7.66. The smallest absolute Gasteiger partial charge is 0.0843 e. The minimum atomic E-state index is -1.44. The molecule has 3 rings (SSSR count). The molecule has 0 aliphatic carbocycles. The fraction of sp³-hybridized carbons (Fsp3) is 0.200. The Morgan fingerprint density at radius 3 is 1.93 bits per heavy atom. The monoisotopic (exact) mass is 372 g/mol. The molecule has 0 aromatic heterocycles. The Morgan fingerprint density at radius 1 is 0.741 bits per heavy atom. The van der Waals surface area contributed by atoms with Crippen LogP contribution < -0.4 is 5.19 Å². The van der Waals surface area contributed by atoms with E-state index < -0.39 is 14.2 Å². The minimum Gasteiger partial charge on any atom is -0.388 e. The van der Waals surface area contributed by atoms with E-state index in [1.54, 1.807) is 0 Å². The molecule has 0 radical (unpaired) electrons. The van der Waals surface area contributed by atoms with Crippen LogP contribution in [0.4, 0.5) is 0 Å². The molecule has 0 spiro atoms. The highest BCUT2D eigenvalue weighted by Crippen LogP contribution is 2.23. The van der Waals surface area contributed by atoms with Crippen molar-refractivity contribution in [3.05, 3.63) is 103 Å². The Balaban J connectivity index is 1.56. The van der Waals surface area contributed by atoms with E-state index in [9.17, 15) is 5.11 Å². The van der Waals surface area contributed by atoms with Gasteiger partial charge in [-0.3, -0.25) is 0 Å². The van der Waals surface area contributed by atoms with Gasteiger partial charge in [0.2, 0.25) is 0 Å². The highest BCUT2D eigenvalue weighted by molar-refractivity contribution is 6.90. The van der Waals surface area contributed by atoms with Crippen molar-refractivity contribution < 1.29 is 5.11 Å². The lowest BCUT2D eigenvalue weighted by molar-refractivity contribution is 0.181. The van der Waals surface area contributed by atoms with Crippen LogP contribution in [0.15, 0.2) is 97.1 Å². The maximum Gasteiger partial charge on any atom is 0.0843 e. The van der Waals surface area contributed by atoms with Gasteiger partial charge >= 0.3 is 0 Å². The number of allylic oxidation sites excluding steroid dienone is 1. The summed E-state index contributed by atoms with van der Waals surface area (Å²) in [6.45, 7) is 4.79. The molecule has 2 heteroatoms. The molecule has 27 heavy (non-hydrogen) atoms. The Labute approximate surface area is 164 Å². The van der Waals surface area contributed by atoms with Crippen molar-refractivity contribution in [2.45, 2.75) is 31.7 Å². The Kier molecular flexibility index (Phi) is 6.43. The summed E-state index contributed by atoms with van der Waals surface area (Å²) in [6.07, 6.45) is 4.59. The van der Waals surface area contributed by atoms with Crippen molar-refractivity contribution in [1.29, 1.82) is 0 Å². The van der Waals surface area contributed by atoms with E-state index in [2.05, 4.69) is 79.8 Å². The molecule has 1 unspecified atom stereocenters. The van der Waals surface area contributed by atoms with Gasteiger partial charge in [-0.25, -0.2) is 0 Å². The highest BCUT2D eigenvalue weighted by Gasteiger charge is 2.21. The minimum absolute atomic E-state index is 0.451. The average molecular weight is 373 g/mol. The van der Waals surface area contributed by atoms with Gasteiger partial charge in [-0.2, -0.15) is 0 Å². The largest absolute Gasteiger partial charge is 0.388 e. The van der Waals surface area contributed by atoms with Gasteiger partial charge < -0.3 is 5.11 Å². The van der Waals surface area contributed by atoms with E-state index >= 15 is 0 Å². The van der Waals surface area contributed by atoms with Crippen LogP contribution in [0.2, 0.25) is 19.1 Å². The fourth-order valence-corrected chi connectivity index (χ4v) is 5.36. The van der Waals surface area contributed by atoms with E-state index in [1.165, 1.54) is 16.3 Å². The van der Waals surface area contributed by atoms with E-state index in [4.69, 9.17) is 0 Å². The first-order valence-electron chi connectivity index (χ1n) is 9.60. The second-order valence-corrected chi connectivity index (χ2v) is 12.4. The van der Waals surface area contributed by atoms with Crippen LogP contribution in [-0.2, 0) is 0 Å². The standard InChI is InChI=1S/C25H28OSi/c1-27(2,24-13-7-4-8-14-24)20-10-9-15-25(26)23-18-16-22(17-19-23)21-11-5-3-6-12-21/h3-14,16-19,25-26H,15,20H2,1-2H3/b10-9+. The molecule has 1 atom stereocenters. The van der Waals surface area contributed by atoms with E-state index in [-0.39, 0.29) is 0 Å². The summed E-state index contributed by atoms with van der Waals surface area (Å²) in [4.78, 5) is 0. The zero-order valence-electron chi connectivity index (χ0n) is 16.2. The third kappa shape index (κ3) is 5.28. The molecule has 3 aromatic carbocycles. The van der Waals surface area contributed by atoms with Crippen molar-refractivity contribution in [3.8, 4) is 11.1 Å².